The smallest absolute Gasteiger partial charge is 0.223 e. The van der Waals surface area contributed by atoms with Gasteiger partial charge in [0.05, 0.1) is 5.69 Å². The van der Waals surface area contributed by atoms with E-state index in [1.165, 1.54) is 6.07 Å². The van der Waals surface area contributed by atoms with Crippen molar-refractivity contribution in [3.63, 3.8) is 0 Å². The summed E-state index contributed by atoms with van der Waals surface area (Å²) in [7, 11) is 0. The molecule has 0 N–H and O–H groups in total. The Bertz CT molecular complexity index is 631. The van der Waals surface area contributed by atoms with E-state index < -0.39 is 0 Å². The lowest BCUT2D eigenvalue weighted by Gasteiger charge is -2.24. The van der Waals surface area contributed by atoms with Crippen LogP contribution in [0.25, 0.3) is 0 Å². The topological polar surface area (TPSA) is 25.8 Å². The van der Waals surface area contributed by atoms with E-state index in [0.29, 0.717) is 5.15 Å². The zero-order valence-electron chi connectivity index (χ0n) is 10.0. The molecule has 19 heavy (non-hydrogen) atoms. The molecule has 0 bridgehead atoms. The standard InChI is InChI=1S/C14H11Cl2FN2/c15-13-11-7-9(8-2-1-3-10(17)6-8)4-5-12(11)18-14(16)19-13/h1-3,6,9H,4-5,7H2/t9-/m0/s1. The fourth-order valence-corrected chi connectivity index (χ4v) is 3.08. The van der Waals surface area contributed by atoms with E-state index in [9.17, 15) is 4.39 Å². The summed E-state index contributed by atoms with van der Waals surface area (Å²) >= 11 is 11.9. The minimum Gasteiger partial charge on any atom is -0.223 e. The van der Waals surface area contributed by atoms with E-state index in [1.54, 1.807) is 12.1 Å². The number of hydrogen-bond acceptors (Lipinski definition) is 2. The lowest BCUT2D eigenvalue weighted by Crippen LogP contribution is -2.15. The van der Waals surface area contributed by atoms with Gasteiger partial charge in [0.15, 0.2) is 0 Å². The van der Waals surface area contributed by atoms with E-state index in [4.69, 9.17) is 23.2 Å². The third kappa shape index (κ3) is 2.58. The van der Waals surface area contributed by atoms with Crippen molar-refractivity contribution in [2.45, 2.75) is 25.2 Å². The SMILES string of the molecule is Fc1cccc([C@H]2CCc3nc(Cl)nc(Cl)c3C2)c1. The van der Waals surface area contributed by atoms with Crippen molar-refractivity contribution in [1.82, 2.24) is 9.97 Å². The number of aryl methyl sites for hydroxylation is 1. The Hall–Kier alpha value is -1.19. The Balaban J connectivity index is 1.94. The van der Waals surface area contributed by atoms with Crippen molar-refractivity contribution >= 4 is 23.2 Å². The predicted octanol–water partition coefficient (Wildman–Crippen LogP) is 4.20. The van der Waals surface area contributed by atoms with E-state index in [0.717, 1.165) is 36.1 Å². The average Bonchev–Trinajstić information content (AvgIpc) is 2.38. The highest BCUT2D eigenvalue weighted by atomic mass is 35.5. The molecule has 5 heteroatoms. The number of nitrogens with zero attached hydrogens (tertiary/aromatic N) is 2. The maximum Gasteiger partial charge on any atom is 0.224 e. The molecule has 2 nitrogen and oxygen atoms in total. The van der Waals surface area contributed by atoms with Crippen LogP contribution >= 0.6 is 23.2 Å². The number of halogens is 3. The molecular formula is C14H11Cl2FN2. The molecule has 1 aliphatic carbocycles. The fourth-order valence-electron chi connectivity index (χ4n) is 2.58. The molecule has 0 fully saturated rings. The summed E-state index contributed by atoms with van der Waals surface area (Å²) in [5.74, 6) is 0.0484. The molecule has 1 aromatic carbocycles. The molecule has 2 aromatic rings. The van der Waals surface area contributed by atoms with Gasteiger partial charge in [-0.05, 0) is 54.5 Å². The number of benzene rings is 1. The average molecular weight is 297 g/mol. The quantitative estimate of drug-likeness (QED) is 0.582. The van der Waals surface area contributed by atoms with Crippen LogP contribution in [0.4, 0.5) is 4.39 Å². The second kappa shape index (κ2) is 5.06. The molecule has 1 atom stereocenters. The highest BCUT2D eigenvalue weighted by Crippen LogP contribution is 2.35. The molecule has 0 unspecified atom stereocenters. The Kier molecular flexibility index (Phi) is 3.42. The van der Waals surface area contributed by atoms with Gasteiger partial charge in [-0.1, -0.05) is 23.7 Å². The Morgan fingerprint density at radius 2 is 2.05 bits per heavy atom. The van der Waals surface area contributed by atoms with E-state index >= 15 is 0 Å². The van der Waals surface area contributed by atoms with Crippen molar-refractivity contribution in [2.24, 2.45) is 0 Å². The predicted molar refractivity (Wildman–Crippen MR) is 73.2 cm³/mol. The lowest BCUT2D eigenvalue weighted by atomic mass is 9.83. The van der Waals surface area contributed by atoms with Crippen LogP contribution in [0.2, 0.25) is 10.4 Å². The molecule has 98 valence electrons. The first-order chi connectivity index (χ1) is 9.13. The Labute approximate surface area is 120 Å². The van der Waals surface area contributed by atoms with E-state index in [1.807, 2.05) is 6.07 Å². The first-order valence-electron chi connectivity index (χ1n) is 6.10. The minimum absolute atomic E-state index is 0.188. The molecule has 3 rings (SSSR count). The third-order valence-corrected chi connectivity index (χ3v) is 4.00. The van der Waals surface area contributed by atoms with Crippen molar-refractivity contribution in [3.05, 3.63) is 57.3 Å². The summed E-state index contributed by atoms with van der Waals surface area (Å²) in [5, 5.41) is 0.601. The first kappa shape index (κ1) is 12.8. The van der Waals surface area contributed by atoms with Gasteiger partial charge in [-0.25, -0.2) is 14.4 Å². The number of hydrogen-bond donors (Lipinski definition) is 0. The maximum atomic E-state index is 13.3. The molecule has 0 saturated carbocycles. The van der Waals surface area contributed by atoms with E-state index in [2.05, 4.69) is 9.97 Å². The monoisotopic (exact) mass is 296 g/mol. The number of aromatic nitrogens is 2. The molecule has 1 aliphatic rings. The van der Waals surface area contributed by atoms with Gasteiger partial charge in [-0.3, -0.25) is 0 Å². The summed E-state index contributed by atoms with van der Waals surface area (Å²) in [6.45, 7) is 0. The van der Waals surface area contributed by atoms with Crippen molar-refractivity contribution in [2.75, 3.05) is 0 Å². The summed E-state index contributed by atoms with van der Waals surface area (Å²) in [6, 6.07) is 6.72. The summed E-state index contributed by atoms with van der Waals surface area (Å²) in [4.78, 5) is 8.19. The van der Waals surface area contributed by atoms with Crippen LogP contribution in [-0.2, 0) is 12.8 Å². The van der Waals surface area contributed by atoms with Crippen LogP contribution in [0, 0.1) is 5.82 Å². The number of rotatable bonds is 1. The van der Waals surface area contributed by atoms with Crippen LogP contribution in [0.3, 0.4) is 0 Å². The molecule has 0 amide bonds. The van der Waals surface area contributed by atoms with Crippen LogP contribution in [0.5, 0.6) is 0 Å². The van der Waals surface area contributed by atoms with Gasteiger partial charge >= 0.3 is 0 Å². The highest BCUT2D eigenvalue weighted by Gasteiger charge is 2.24. The largest absolute Gasteiger partial charge is 0.224 e. The molecule has 1 heterocycles. The van der Waals surface area contributed by atoms with Gasteiger partial charge in [0, 0.05) is 5.56 Å². The zero-order valence-corrected chi connectivity index (χ0v) is 11.5. The maximum absolute atomic E-state index is 13.3. The third-order valence-electron chi connectivity index (χ3n) is 3.52. The second-order valence-corrected chi connectivity index (χ2v) is 5.40. The first-order valence-corrected chi connectivity index (χ1v) is 6.85. The van der Waals surface area contributed by atoms with Crippen LogP contribution in [0.1, 0.15) is 29.2 Å². The Morgan fingerprint density at radius 3 is 2.84 bits per heavy atom. The van der Waals surface area contributed by atoms with Crippen molar-refractivity contribution in [3.8, 4) is 0 Å². The molecule has 1 aromatic heterocycles. The molecule has 0 spiro atoms. The van der Waals surface area contributed by atoms with Crippen LogP contribution < -0.4 is 0 Å². The van der Waals surface area contributed by atoms with Crippen molar-refractivity contribution in [1.29, 1.82) is 0 Å². The Morgan fingerprint density at radius 1 is 1.21 bits per heavy atom. The van der Waals surface area contributed by atoms with Gasteiger partial charge in [-0.15, -0.1) is 0 Å². The van der Waals surface area contributed by atoms with Gasteiger partial charge in [0.25, 0.3) is 0 Å². The molecule has 0 radical (unpaired) electrons. The minimum atomic E-state index is -0.207. The van der Waals surface area contributed by atoms with Crippen molar-refractivity contribution < 1.29 is 4.39 Å². The van der Waals surface area contributed by atoms with Crippen LogP contribution in [-0.4, -0.2) is 9.97 Å². The van der Waals surface area contributed by atoms with Gasteiger partial charge in [0.1, 0.15) is 11.0 Å². The number of fused-ring (bicyclic) bond motifs is 1. The van der Waals surface area contributed by atoms with Gasteiger partial charge in [0.2, 0.25) is 5.28 Å². The molecular weight excluding hydrogens is 286 g/mol. The zero-order chi connectivity index (χ0) is 13.4. The normalized spacial score (nSPS) is 18.2. The van der Waals surface area contributed by atoms with Gasteiger partial charge in [-0.2, -0.15) is 0 Å². The second-order valence-electron chi connectivity index (χ2n) is 4.70. The molecule has 0 saturated heterocycles. The van der Waals surface area contributed by atoms with Crippen LogP contribution in [0.15, 0.2) is 24.3 Å². The summed E-state index contributed by atoms with van der Waals surface area (Å²) < 4.78 is 13.3. The van der Waals surface area contributed by atoms with E-state index in [-0.39, 0.29) is 17.0 Å². The summed E-state index contributed by atoms with van der Waals surface area (Å²) in [6.07, 6.45) is 2.44. The summed E-state index contributed by atoms with van der Waals surface area (Å²) in [5.41, 5.74) is 2.85. The lowest BCUT2D eigenvalue weighted by molar-refractivity contribution is 0.562. The van der Waals surface area contributed by atoms with Gasteiger partial charge < -0.3 is 0 Å². The fraction of sp³-hybridized carbons (Fsp3) is 0.286. The molecule has 0 aliphatic heterocycles. The highest BCUT2D eigenvalue weighted by molar-refractivity contribution is 6.32.